The van der Waals surface area contributed by atoms with E-state index in [1.54, 1.807) is 5.57 Å². The minimum atomic E-state index is -0.770. The molecule has 0 saturated heterocycles. The summed E-state index contributed by atoms with van der Waals surface area (Å²) >= 11 is 0. The smallest absolute Gasteiger partial charge is 0.0680 e. The summed E-state index contributed by atoms with van der Waals surface area (Å²) in [6.07, 6.45) is 13.0. The van der Waals surface area contributed by atoms with E-state index < -0.39 is 5.60 Å². The number of rotatable bonds is 3. The number of hydrogen-bond acceptors (Lipinski definition) is 2. The molecule has 2 nitrogen and oxygen atoms in total. The molecule has 0 bridgehead atoms. The molecule has 4 aliphatic rings. The van der Waals surface area contributed by atoms with E-state index in [2.05, 4.69) is 33.8 Å². The summed E-state index contributed by atoms with van der Waals surface area (Å²) in [5.41, 5.74) is 1.47. The Bertz CT molecular complexity index is 605. The fourth-order valence-electron chi connectivity index (χ4n) is 8.79. The molecule has 4 rings (SSSR count). The average Bonchev–Trinajstić information content (AvgIpc) is 2.84. The Morgan fingerprint density at radius 3 is 2.63 bits per heavy atom. The molecule has 0 aromatic heterocycles. The van der Waals surface area contributed by atoms with E-state index >= 15 is 0 Å². The van der Waals surface area contributed by atoms with Gasteiger partial charge in [-0.2, -0.15) is 0 Å². The Labute approximate surface area is 166 Å². The summed E-state index contributed by atoms with van der Waals surface area (Å²) in [6, 6.07) is 0. The van der Waals surface area contributed by atoms with Crippen LogP contribution < -0.4 is 0 Å². The van der Waals surface area contributed by atoms with Gasteiger partial charge in [0.05, 0.1) is 11.7 Å². The van der Waals surface area contributed by atoms with E-state index in [1.807, 2.05) is 6.92 Å². The van der Waals surface area contributed by atoms with Crippen LogP contribution in [-0.4, -0.2) is 21.9 Å². The van der Waals surface area contributed by atoms with E-state index in [1.165, 1.54) is 44.9 Å². The lowest BCUT2D eigenvalue weighted by atomic mass is 9.47. The molecule has 0 amide bonds. The minimum Gasteiger partial charge on any atom is -0.393 e. The second-order valence-corrected chi connectivity index (χ2v) is 11.7. The van der Waals surface area contributed by atoms with Crippen LogP contribution in [0.3, 0.4) is 0 Å². The van der Waals surface area contributed by atoms with Crippen molar-refractivity contribution in [3.05, 3.63) is 11.6 Å². The van der Waals surface area contributed by atoms with Gasteiger partial charge in [-0.25, -0.2) is 0 Å². The van der Waals surface area contributed by atoms with Crippen LogP contribution in [0, 0.1) is 40.4 Å². The number of hydrogen-bond donors (Lipinski definition) is 2. The van der Waals surface area contributed by atoms with Crippen LogP contribution in [-0.2, 0) is 0 Å². The van der Waals surface area contributed by atoms with Gasteiger partial charge in [-0.15, -0.1) is 0 Å². The van der Waals surface area contributed by atoms with E-state index in [4.69, 9.17) is 0 Å². The van der Waals surface area contributed by atoms with Gasteiger partial charge in [-0.05, 0) is 92.8 Å². The second kappa shape index (κ2) is 6.59. The van der Waals surface area contributed by atoms with Crippen molar-refractivity contribution in [2.45, 2.75) is 104 Å². The lowest BCUT2D eigenvalue weighted by molar-refractivity contribution is -0.125. The predicted molar refractivity (Wildman–Crippen MR) is 111 cm³/mol. The Morgan fingerprint density at radius 1 is 1.19 bits per heavy atom. The molecule has 3 saturated carbocycles. The molecule has 2 heteroatoms. The Kier molecular flexibility index (Phi) is 4.87. The summed E-state index contributed by atoms with van der Waals surface area (Å²) in [5.74, 6) is 2.52. The van der Waals surface area contributed by atoms with Crippen LogP contribution in [0.25, 0.3) is 0 Å². The summed E-state index contributed by atoms with van der Waals surface area (Å²) < 4.78 is 0. The molecule has 0 spiro atoms. The van der Waals surface area contributed by atoms with E-state index in [-0.39, 0.29) is 17.4 Å². The highest BCUT2D eigenvalue weighted by atomic mass is 16.3. The average molecular weight is 375 g/mol. The topological polar surface area (TPSA) is 40.5 Å². The van der Waals surface area contributed by atoms with Crippen molar-refractivity contribution in [3.8, 4) is 0 Å². The first kappa shape index (κ1) is 20.0. The highest BCUT2D eigenvalue weighted by Crippen LogP contribution is 2.67. The SMILES string of the molecule is CC(C)C[C@@](C)(O)[C@H]1[C@@H](O)C[C@H]2[C@@H]3CC=C4CCCC[C@]4(C)[C@H]3CC[C@@]21C. The van der Waals surface area contributed by atoms with Crippen molar-refractivity contribution in [2.75, 3.05) is 0 Å². The molecule has 0 aromatic carbocycles. The number of aliphatic hydroxyl groups excluding tert-OH is 1. The molecular formula is C25H42O2. The quantitative estimate of drug-likeness (QED) is 0.620. The van der Waals surface area contributed by atoms with Gasteiger partial charge >= 0.3 is 0 Å². The fourth-order valence-corrected chi connectivity index (χ4v) is 8.79. The monoisotopic (exact) mass is 374 g/mol. The van der Waals surface area contributed by atoms with Crippen molar-refractivity contribution in [3.63, 3.8) is 0 Å². The predicted octanol–water partition coefficient (Wildman–Crippen LogP) is 5.72. The molecule has 2 N–H and O–H groups in total. The number of fused-ring (bicyclic) bond motifs is 5. The molecule has 0 radical (unpaired) electrons. The highest BCUT2D eigenvalue weighted by molar-refractivity contribution is 5.25. The normalized spacial score (nSPS) is 49.0. The summed E-state index contributed by atoms with van der Waals surface area (Å²) in [6.45, 7) is 11.3. The maximum atomic E-state index is 11.4. The standard InChI is InChI=1S/C25H42O2/c1-16(2)15-25(5,27)22-21(26)14-20-18-10-9-17-8-6-7-12-23(17,3)19(18)11-13-24(20,22)4/h9,16,18-22,26-27H,6-8,10-15H2,1-5H3/t18-,19+,20+,21+,22+,23+,24+,25-/m1/s1. The molecule has 27 heavy (non-hydrogen) atoms. The molecule has 0 heterocycles. The summed E-state index contributed by atoms with van der Waals surface area (Å²) in [4.78, 5) is 0. The molecule has 3 fully saturated rings. The lowest BCUT2D eigenvalue weighted by Crippen LogP contribution is -2.53. The summed E-state index contributed by atoms with van der Waals surface area (Å²) in [7, 11) is 0. The first-order valence-corrected chi connectivity index (χ1v) is 11.7. The molecule has 0 aliphatic heterocycles. The van der Waals surface area contributed by atoms with Crippen LogP contribution in [0.15, 0.2) is 11.6 Å². The Balaban J connectivity index is 1.65. The van der Waals surface area contributed by atoms with Crippen LogP contribution in [0.1, 0.15) is 92.4 Å². The molecule has 8 atom stereocenters. The van der Waals surface area contributed by atoms with E-state index in [0.717, 1.165) is 18.8 Å². The zero-order valence-corrected chi connectivity index (χ0v) is 18.3. The third-order valence-electron chi connectivity index (χ3n) is 9.54. The molecule has 4 aliphatic carbocycles. The first-order valence-electron chi connectivity index (χ1n) is 11.7. The maximum Gasteiger partial charge on any atom is 0.0680 e. The lowest BCUT2D eigenvalue weighted by Gasteiger charge is -2.58. The fraction of sp³-hybridized carbons (Fsp3) is 0.920. The van der Waals surface area contributed by atoms with Crippen LogP contribution in [0.2, 0.25) is 0 Å². The zero-order chi connectivity index (χ0) is 19.6. The molecular weight excluding hydrogens is 332 g/mol. The Morgan fingerprint density at radius 2 is 1.93 bits per heavy atom. The zero-order valence-electron chi connectivity index (χ0n) is 18.3. The van der Waals surface area contributed by atoms with Crippen molar-refractivity contribution in [1.82, 2.24) is 0 Å². The largest absolute Gasteiger partial charge is 0.393 e. The molecule has 154 valence electrons. The van der Waals surface area contributed by atoms with Gasteiger partial charge in [-0.3, -0.25) is 0 Å². The van der Waals surface area contributed by atoms with E-state index in [0.29, 0.717) is 23.2 Å². The van der Waals surface area contributed by atoms with Crippen molar-refractivity contribution in [2.24, 2.45) is 40.4 Å². The van der Waals surface area contributed by atoms with E-state index in [9.17, 15) is 10.2 Å². The third kappa shape index (κ3) is 2.96. The van der Waals surface area contributed by atoms with Crippen LogP contribution in [0.5, 0.6) is 0 Å². The minimum absolute atomic E-state index is 0.0166. The van der Waals surface area contributed by atoms with Crippen molar-refractivity contribution in [1.29, 1.82) is 0 Å². The highest BCUT2D eigenvalue weighted by Gasteiger charge is 2.63. The van der Waals surface area contributed by atoms with Gasteiger partial charge in [0.15, 0.2) is 0 Å². The Hall–Kier alpha value is -0.340. The van der Waals surface area contributed by atoms with Crippen LogP contribution >= 0.6 is 0 Å². The number of allylic oxidation sites excluding steroid dienone is 2. The first-order chi connectivity index (χ1) is 12.6. The van der Waals surface area contributed by atoms with Crippen molar-refractivity contribution >= 4 is 0 Å². The van der Waals surface area contributed by atoms with Gasteiger partial charge in [0.1, 0.15) is 0 Å². The maximum absolute atomic E-state index is 11.4. The summed E-state index contributed by atoms with van der Waals surface area (Å²) in [5, 5.41) is 22.6. The second-order valence-electron chi connectivity index (χ2n) is 11.7. The van der Waals surface area contributed by atoms with Gasteiger partial charge in [0.2, 0.25) is 0 Å². The van der Waals surface area contributed by atoms with Crippen LogP contribution in [0.4, 0.5) is 0 Å². The van der Waals surface area contributed by atoms with Gasteiger partial charge < -0.3 is 10.2 Å². The van der Waals surface area contributed by atoms with Gasteiger partial charge in [-0.1, -0.05) is 45.8 Å². The van der Waals surface area contributed by atoms with Gasteiger partial charge in [0, 0.05) is 5.92 Å². The molecule has 0 unspecified atom stereocenters. The number of aliphatic hydroxyl groups is 2. The van der Waals surface area contributed by atoms with Crippen molar-refractivity contribution < 1.29 is 10.2 Å². The van der Waals surface area contributed by atoms with Gasteiger partial charge in [0.25, 0.3) is 0 Å². The third-order valence-corrected chi connectivity index (χ3v) is 9.54. The molecule has 0 aromatic rings.